The molecule has 4 nitrogen and oxygen atoms in total. The van der Waals surface area contributed by atoms with Crippen molar-refractivity contribution in [1.29, 1.82) is 0 Å². The molecule has 92 valence electrons. The summed E-state index contributed by atoms with van der Waals surface area (Å²) in [4.78, 5) is 21.8. The van der Waals surface area contributed by atoms with Crippen molar-refractivity contribution in [3.63, 3.8) is 0 Å². The second kappa shape index (κ2) is 5.49. The molecule has 2 unspecified atom stereocenters. The third kappa shape index (κ3) is 3.19. The van der Waals surface area contributed by atoms with Gasteiger partial charge in [-0.3, -0.25) is 4.79 Å². The highest BCUT2D eigenvalue weighted by Gasteiger charge is 2.21. The maximum Gasteiger partial charge on any atom is 0.337 e. The second-order valence-corrected chi connectivity index (χ2v) is 4.34. The summed E-state index contributed by atoms with van der Waals surface area (Å²) in [6.07, 6.45) is -1.66. The molecular formula is C11H10Cl2O4. The predicted octanol–water partition coefficient (Wildman–Crippen LogP) is 2.33. The van der Waals surface area contributed by atoms with Gasteiger partial charge in [0.15, 0.2) is 11.9 Å². The monoisotopic (exact) mass is 276 g/mol. The van der Waals surface area contributed by atoms with E-state index in [0.717, 1.165) is 0 Å². The van der Waals surface area contributed by atoms with E-state index in [1.165, 1.54) is 25.1 Å². The molecule has 0 aliphatic rings. The Labute approximate surface area is 108 Å². The first-order valence-corrected chi connectivity index (χ1v) is 5.50. The van der Waals surface area contributed by atoms with E-state index in [1.54, 1.807) is 0 Å². The summed E-state index contributed by atoms with van der Waals surface area (Å²) in [5, 5.41) is 17.3. The molecule has 17 heavy (non-hydrogen) atoms. The molecule has 1 aromatic carbocycles. The summed E-state index contributed by atoms with van der Waals surface area (Å²) in [6.45, 7) is 1.30. The summed E-state index contributed by atoms with van der Waals surface area (Å²) in [5.74, 6) is -1.69. The molecule has 1 rings (SSSR count). The van der Waals surface area contributed by atoms with E-state index in [9.17, 15) is 14.7 Å². The molecular weight excluding hydrogens is 267 g/mol. The molecule has 0 aliphatic heterocycles. The van der Waals surface area contributed by atoms with E-state index in [-0.39, 0.29) is 16.4 Å². The lowest BCUT2D eigenvalue weighted by molar-refractivity contribution is -0.146. The maximum atomic E-state index is 11.1. The molecule has 0 spiro atoms. The molecule has 0 aliphatic carbocycles. The van der Waals surface area contributed by atoms with Gasteiger partial charge in [0, 0.05) is 5.02 Å². The third-order valence-corrected chi connectivity index (χ3v) is 3.09. The van der Waals surface area contributed by atoms with Crippen LogP contribution in [0.2, 0.25) is 5.02 Å². The van der Waals surface area contributed by atoms with Crippen LogP contribution < -0.4 is 0 Å². The lowest BCUT2D eigenvalue weighted by atomic mass is 10.0. The van der Waals surface area contributed by atoms with Crippen molar-refractivity contribution < 1.29 is 19.8 Å². The van der Waals surface area contributed by atoms with E-state index < -0.39 is 17.5 Å². The number of rotatable bonds is 4. The lowest BCUT2D eigenvalue weighted by Crippen LogP contribution is -2.11. The fourth-order valence-corrected chi connectivity index (χ4v) is 1.75. The van der Waals surface area contributed by atoms with Crippen molar-refractivity contribution in [2.75, 3.05) is 0 Å². The van der Waals surface area contributed by atoms with Crippen LogP contribution in [0, 0.1) is 0 Å². The summed E-state index contributed by atoms with van der Waals surface area (Å²) < 4.78 is 0. The molecule has 0 amide bonds. The van der Waals surface area contributed by atoms with E-state index in [2.05, 4.69) is 0 Å². The zero-order chi connectivity index (χ0) is 13.2. The van der Waals surface area contributed by atoms with Gasteiger partial charge in [-0.25, -0.2) is 4.79 Å². The number of benzene rings is 1. The molecule has 2 atom stereocenters. The molecule has 0 saturated heterocycles. The molecule has 0 radical (unpaired) electrons. The first-order chi connectivity index (χ1) is 7.84. The van der Waals surface area contributed by atoms with E-state index in [4.69, 9.17) is 28.3 Å². The Hall–Kier alpha value is -1.10. The minimum atomic E-state index is -1.66. The standard InChI is InChI=1S/C11H10Cl2O4/c1-5(14)9(13)7-4-6(2-3-8(7)12)10(15)11(16)17/h2-4,9-10,15H,1H3,(H,16,17). The Balaban J connectivity index is 3.19. The number of alkyl halides is 1. The quantitative estimate of drug-likeness (QED) is 0.828. The average molecular weight is 277 g/mol. The van der Waals surface area contributed by atoms with Crippen LogP contribution in [0.1, 0.15) is 29.5 Å². The normalized spacial score (nSPS) is 14.1. The summed E-state index contributed by atoms with van der Waals surface area (Å²) in [5.41, 5.74) is 0.419. The third-order valence-electron chi connectivity index (χ3n) is 2.20. The van der Waals surface area contributed by atoms with Gasteiger partial charge in [0.05, 0.1) is 0 Å². The van der Waals surface area contributed by atoms with Crippen molar-refractivity contribution in [2.45, 2.75) is 18.4 Å². The number of carboxylic acid groups (broad SMARTS) is 1. The Morgan fingerprint density at radius 1 is 1.35 bits per heavy atom. The van der Waals surface area contributed by atoms with Crippen LogP contribution in [-0.4, -0.2) is 22.0 Å². The minimum absolute atomic E-state index is 0.129. The number of ketones is 1. The van der Waals surface area contributed by atoms with E-state index in [0.29, 0.717) is 5.56 Å². The molecule has 0 saturated carbocycles. The van der Waals surface area contributed by atoms with Crippen LogP contribution >= 0.6 is 23.2 Å². The van der Waals surface area contributed by atoms with Crippen molar-refractivity contribution in [1.82, 2.24) is 0 Å². The summed E-state index contributed by atoms with van der Waals surface area (Å²) >= 11 is 11.7. The van der Waals surface area contributed by atoms with Crippen LogP contribution in [0.15, 0.2) is 18.2 Å². The Morgan fingerprint density at radius 2 is 1.94 bits per heavy atom. The highest BCUT2D eigenvalue weighted by Crippen LogP contribution is 2.31. The topological polar surface area (TPSA) is 74.6 Å². The molecule has 2 N–H and O–H groups in total. The number of hydrogen-bond donors (Lipinski definition) is 2. The highest BCUT2D eigenvalue weighted by molar-refractivity contribution is 6.35. The minimum Gasteiger partial charge on any atom is -0.479 e. The fraction of sp³-hybridized carbons (Fsp3) is 0.273. The number of halogens is 2. The van der Waals surface area contributed by atoms with Gasteiger partial charge in [0.1, 0.15) is 5.38 Å². The largest absolute Gasteiger partial charge is 0.479 e. The van der Waals surface area contributed by atoms with Crippen molar-refractivity contribution in [2.24, 2.45) is 0 Å². The molecule has 0 fully saturated rings. The average Bonchev–Trinajstić information content (AvgIpc) is 2.27. The predicted molar refractivity (Wildman–Crippen MR) is 63.3 cm³/mol. The Kier molecular flexibility index (Phi) is 4.51. The number of aliphatic carboxylic acids is 1. The Morgan fingerprint density at radius 3 is 2.41 bits per heavy atom. The van der Waals surface area contributed by atoms with Gasteiger partial charge in [-0.1, -0.05) is 17.7 Å². The van der Waals surface area contributed by atoms with Crippen molar-refractivity contribution in [3.05, 3.63) is 34.3 Å². The molecule has 0 aromatic heterocycles. The van der Waals surface area contributed by atoms with Crippen LogP contribution in [-0.2, 0) is 9.59 Å². The highest BCUT2D eigenvalue weighted by atomic mass is 35.5. The summed E-state index contributed by atoms with van der Waals surface area (Å²) in [7, 11) is 0. The van der Waals surface area contributed by atoms with Gasteiger partial charge in [0.2, 0.25) is 0 Å². The number of aliphatic hydroxyl groups excluding tert-OH is 1. The fourth-order valence-electron chi connectivity index (χ4n) is 1.29. The van der Waals surface area contributed by atoms with Gasteiger partial charge in [-0.05, 0) is 30.2 Å². The first kappa shape index (κ1) is 14.0. The van der Waals surface area contributed by atoms with Gasteiger partial charge in [-0.15, -0.1) is 11.6 Å². The SMILES string of the molecule is CC(=O)C(Cl)c1cc(C(O)C(=O)O)ccc1Cl. The van der Waals surface area contributed by atoms with Crippen molar-refractivity contribution >= 4 is 35.0 Å². The van der Waals surface area contributed by atoms with Crippen LogP contribution in [0.5, 0.6) is 0 Å². The van der Waals surface area contributed by atoms with Gasteiger partial charge < -0.3 is 10.2 Å². The maximum absolute atomic E-state index is 11.1. The zero-order valence-corrected chi connectivity index (χ0v) is 10.4. The Bertz CT molecular complexity index is 459. The number of hydrogen-bond acceptors (Lipinski definition) is 3. The zero-order valence-electron chi connectivity index (χ0n) is 8.85. The van der Waals surface area contributed by atoms with Crippen LogP contribution in [0.25, 0.3) is 0 Å². The number of Topliss-reactive ketones (excluding diaryl/α,β-unsaturated/α-hetero) is 1. The van der Waals surface area contributed by atoms with Gasteiger partial charge in [0.25, 0.3) is 0 Å². The number of carbonyl (C=O) groups is 2. The molecule has 0 bridgehead atoms. The number of carbonyl (C=O) groups excluding carboxylic acids is 1. The van der Waals surface area contributed by atoms with Crippen LogP contribution in [0.3, 0.4) is 0 Å². The van der Waals surface area contributed by atoms with E-state index in [1.807, 2.05) is 0 Å². The number of carboxylic acids is 1. The van der Waals surface area contributed by atoms with Crippen LogP contribution in [0.4, 0.5) is 0 Å². The lowest BCUT2D eigenvalue weighted by Gasteiger charge is -2.12. The second-order valence-electron chi connectivity index (χ2n) is 3.49. The first-order valence-electron chi connectivity index (χ1n) is 4.69. The van der Waals surface area contributed by atoms with Gasteiger partial charge in [-0.2, -0.15) is 0 Å². The molecule has 0 heterocycles. The van der Waals surface area contributed by atoms with Gasteiger partial charge >= 0.3 is 5.97 Å². The van der Waals surface area contributed by atoms with E-state index >= 15 is 0 Å². The number of aliphatic hydroxyl groups is 1. The summed E-state index contributed by atoms with van der Waals surface area (Å²) in [6, 6.07) is 4.09. The molecule has 6 heteroatoms. The molecule has 1 aromatic rings. The smallest absolute Gasteiger partial charge is 0.337 e. The van der Waals surface area contributed by atoms with Crippen molar-refractivity contribution in [3.8, 4) is 0 Å².